The van der Waals surface area contributed by atoms with Crippen LogP contribution in [0, 0.1) is 11.3 Å². The molecule has 4 heteroatoms. The van der Waals surface area contributed by atoms with Crippen molar-refractivity contribution in [3.8, 4) is 0 Å². The lowest BCUT2D eigenvalue weighted by Crippen LogP contribution is -2.46. The summed E-state index contributed by atoms with van der Waals surface area (Å²) in [5.74, 6) is 0.801. The molecule has 0 radical (unpaired) electrons. The molecule has 0 N–H and O–H groups in total. The smallest absolute Gasteiger partial charge is 0.226 e. The molecule has 2 saturated heterocycles. The molecule has 2 amide bonds. The molecule has 3 aliphatic rings. The van der Waals surface area contributed by atoms with Crippen LogP contribution in [0.2, 0.25) is 0 Å². The number of nitrogens with zero attached hydrogens (tertiary/aromatic N) is 2. The van der Waals surface area contributed by atoms with E-state index >= 15 is 0 Å². The van der Waals surface area contributed by atoms with Gasteiger partial charge in [-0.1, -0.05) is 12.2 Å². The van der Waals surface area contributed by atoms with E-state index in [4.69, 9.17) is 0 Å². The van der Waals surface area contributed by atoms with Crippen LogP contribution in [0.4, 0.5) is 0 Å². The SMILES string of the molecule is CCN1CC2(CCN(C(=O)C3CC=CC3)CC2)CC1=O. The van der Waals surface area contributed by atoms with Crippen LogP contribution in [0.5, 0.6) is 0 Å². The highest BCUT2D eigenvalue weighted by molar-refractivity contribution is 5.81. The molecule has 2 heterocycles. The fourth-order valence-corrected chi connectivity index (χ4v) is 3.88. The molecule has 3 rings (SSSR count). The first-order chi connectivity index (χ1) is 9.63. The number of rotatable bonds is 2. The third-order valence-electron chi connectivity index (χ3n) is 5.28. The fourth-order valence-electron chi connectivity index (χ4n) is 3.88. The minimum atomic E-state index is 0.151. The van der Waals surface area contributed by atoms with Gasteiger partial charge in [-0.05, 0) is 32.6 Å². The van der Waals surface area contributed by atoms with Gasteiger partial charge in [-0.3, -0.25) is 9.59 Å². The molecule has 110 valence electrons. The lowest BCUT2D eigenvalue weighted by Gasteiger charge is -2.39. The zero-order chi connectivity index (χ0) is 14.2. The van der Waals surface area contributed by atoms with E-state index in [0.29, 0.717) is 18.2 Å². The van der Waals surface area contributed by atoms with Gasteiger partial charge in [0, 0.05) is 43.9 Å². The zero-order valence-electron chi connectivity index (χ0n) is 12.3. The highest BCUT2D eigenvalue weighted by Crippen LogP contribution is 2.41. The largest absolute Gasteiger partial charge is 0.342 e. The van der Waals surface area contributed by atoms with Gasteiger partial charge < -0.3 is 9.80 Å². The summed E-state index contributed by atoms with van der Waals surface area (Å²) in [6.07, 6.45) is 8.70. The Bertz CT molecular complexity index is 428. The second kappa shape index (κ2) is 5.23. The summed E-state index contributed by atoms with van der Waals surface area (Å²) in [6.45, 7) is 5.43. The van der Waals surface area contributed by atoms with E-state index in [0.717, 1.165) is 51.9 Å². The molecule has 0 aromatic rings. The van der Waals surface area contributed by atoms with E-state index in [2.05, 4.69) is 12.2 Å². The third-order valence-corrected chi connectivity index (χ3v) is 5.28. The number of hydrogen-bond acceptors (Lipinski definition) is 2. The van der Waals surface area contributed by atoms with Gasteiger partial charge in [0.2, 0.25) is 11.8 Å². The first-order valence-electron chi connectivity index (χ1n) is 7.85. The first-order valence-corrected chi connectivity index (χ1v) is 7.85. The number of carbonyl (C=O) groups excluding carboxylic acids is 2. The standard InChI is InChI=1S/C16H24N2O2/c1-2-17-12-16(11-14(17)19)7-9-18(10-8-16)15(20)13-5-3-4-6-13/h3-4,13H,2,5-12H2,1H3. The normalized spacial score (nSPS) is 25.9. The number of amides is 2. The number of allylic oxidation sites excluding steroid dienone is 2. The van der Waals surface area contributed by atoms with Crippen molar-refractivity contribution in [3.05, 3.63) is 12.2 Å². The van der Waals surface area contributed by atoms with Crippen molar-refractivity contribution in [3.63, 3.8) is 0 Å². The van der Waals surface area contributed by atoms with Gasteiger partial charge >= 0.3 is 0 Å². The molecular weight excluding hydrogens is 252 g/mol. The Hall–Kier alpha value is -1.32. The van der Waals surface area contributed by atoms with E-state index in [-0.39, 0.29) is 11.3 Å². The maximum absolute atomic E-state index is 12.4. The average Bonchev–Trinajstić information content (AvgIpc) is 3.07. The number of piperidine rings is 1. The Balaban J connectivity index is 1.57. The van der Waals surface area contributed by atoms with E-state index in [1.54, 1.807) is 0 Å². The first kappa shape index (κ1) is 13.7. The van der Waals surface area contributed by atoms with Gasteiger partial charge in [-0.2, -0.15) is 0 Å². The van der Waals surface area contributed by atoms with Crippen molar-refractivity contribution in [2.24, 2.45) is 11.3 Å². The van der Waals surface area contributed by atoms with Crippen LogP contribution in [0.25, 0.3) is 0 Å². The summed E-state index contributed by atoms with van der Waals surface area (Å²) in [7, 11) is 0. The van der Waals surface area contributed by atoms with E-state index in [1.807, 2.05) is 16.7 Å². The number of hydrogen-bond donors (Lipinski definition) is 0. The molecule has 0 aromatic carbocycles. The summed E-state index contributed by atoms with van der Waals surface area (Å²) >= 11 is 0. The summed E-state index contributed by atoms with van der Waals surface area (Å²) in [6, 6.07) is 0. The lowest BCUT2D eigenvalue weighted by molar-refractivity contribution is -0.137. The maximum atomic E-state index is 12.4. The molecular formula is C16H24N2O2. The minimum absolute atomic E-state index is 0.151. The van der Waals surface area contributed by atoms with Crippen LogP contribution < -0.4 is 0 Å². The van der Waals surface area contributed by atoms with Crippen LogP contribution in [0.1, 0.15) is 39.0 Å². The molecule has 2 fully saturated rings. The van der Waals surface area contributed by atoms with Crippen LogP contribution in [0.3, 0.4) is 0 Å². The maximum Gasteiger partial charge on any atom is 0.226 e. The molecule has 0 aromatic heterocycles. The topological polar surface area (TPSA) is 40.6 Å². The van der Waals surface area contributed by atoms with Crippen molar-refractivity contribution in [1.29, 1.82) is 0 Å². The zero-order valence-corrected chi connectivity index (χ0v) is 12.3. The van der Waals surface area contributed by atoms with Crippen molar-refractivity contribution in [2.45, 2.75) is 39.0 Å². The van der Waals surface area contributed by atoms with Crippen LogP contribution in [-0.4, -0.2) is 47.8 Å². The minimum Gasteiger partial charge on any atom is -0.342 e. The summed E-state index contributed by atoms with van der Waals surface area (Å²) in [4.78, 5) is 28.3. The highest BCUT2D eigenvalue weighted by Gasteiger charge is 2.45. The van der Waals surface area contributed by atoms with Crippen molar-refractivity contribution >= 4 is 11.8 Å². The molecule has 20 heavy (non-hydrogen) atoms. The highest BCUT2D eigenvalue weighted by atomic mass is 16.2. The van der Waals surface area contributed by atoms with E-state index < -0.39 is 0 Å². The van der Waals surface area contributed by atoms with Gasteiger partial charge in [0.15, 0.2) is 0 Å². The summed E-state index contributed by atoms with van der Waals surface area (Å²) < 4.78 is 0. The van der Waals surface area contributed by atoms with E-state index in [9.17, 15) is 9.59 Å². The van der Waals surface area contributed by atoms with Crippen LogP contribution >= 0.6 is 0 Å². The Morgan fingerprint density at radius 2 is 1.95 bits per heavy atom. The van der Waals surface area contributed by atoms with Gasteiger partial charge in [0.05, 0.1) is 0 Å². The van der Waals surface area contributed by atoms with Crippen molar-refractivity contribution in [1.82, 2.24) is 9.80 Å². The second-order valence-corrected chi connectivity index (χ2v) is 6.55. The van der Waals surface area contributed by atoms with Gasteiger partial charge in [-0.15, -0.1) is 0 Å². The van der Waals surface area contributed by atoms with Crippen molar-refractivity contribution < 1.29 is 9.59 Å². The molecule has 2 aliphatic heterocycles. The fraction of sp³-hybridized carbons (Fsp3) is 0.750. The summed E-state index contributed by atoms with van der Waals surface area (Å²) in [5, 5.41) is 0. The molecule has 1 spiro atoms. The van der Waals surface area contributed by atoms with Crippen LogP contribution in [-0.2, 0) is 9.59 Å². The average molecular weight is 276 g/mol. The summed E-state index contributed by atoms with van der Waals surface area (Å²) in [5.41, 5.74) is 0.151. The van der Waals surface area contributed by atoms with E-state index in [1.165, 1.54) is 0 Å². The molecule has 4 nitrogen and oxygen atoms in total. The number of likely N-dealkylation sites (tertiary alicyclic amines) is 2. The Labute approximate surface area is 120 Å². The molecule has 1 aliphatic carbocycles. The van der Waals surface area contributed by atoms with Crippen LogP contribution in [0.15, 0.2) is 12.2 Å². The molecule has 0 bridgehead atoms. The monoisotopic (exact) mass is 276 g/mol. The van der Waals surface area contributed by atoms with Gasteiger partial charge in [0.25, 0.3) is 0 Å². The van der Waals surface area contributed by atoms with Gasteiger partial charge in [-0.25, -0.2) is 0 Å². The third kappa shape index (κ3) is 2.36. The Kier molecular flexibility index (Phi) is 3.57. The second-order valence-electron chi connectivity index (χ2n) is 6.55. The molecule has 0 unspecified atom stereocenters. The quantitative estimate of drug-likeness (QED) is 0.722. The molecule has 0 atom stereocenters. The predicted molar refractivity (Wildman–Crippen MR) is 77.0 cm³/mol. The predicted octanol–water partition coefficient (Wildman–Crippen LogP) is 1.81. The van der Waals surface area contributed by atoms with Crippen molar-refractivity contribution in [2.75, 3.05) is 26.2 Å². The Morgan fingerprint density at radius 3 is 2.50 bits per heavy atom. The lowest BCUT2D eigenvalue weighted by atomic mass is 9.77. The molecule has 0 saturated carbocycles. The van der Waals surface area contributed by atoms with Gasteiger partial charge in [0.1, 0.15) is 0 Å². The Morgan fingerprint density at radius 1 is 1.30 bits per heavy atom. The number of carbonyl (C=O) groups is 2.